The van der Waals surface area contributed by atoms with Gasteiger partial charge in [0, 0.05) is 0 Å². The van der Waals surface area contributed by atoms with Gasteiger partial charge in [0.15, 0.2) is 0 Å². The highest BCUT2D eigenvalue weighted by Crippen LogP contribution is 2.21. The first-order valence-electron chi connectivity index (χ1n) is 3.63. The van der Waals surface area contributed by atoms with Gasteiger partial charge in [-0.25, -0.2) is 0 Å². The van der Waals surface area contributed by atoms with Gasteiger partial charge in [0.25, 0.3) is 0 Å². The second-order valence-electron chi connectivity index (χ2n) is 2.45. The summed E-state index contributed by atoms with van der Waals surface area (Å²) in [5.74, 6) is -0.0367. The number of benzene rings is 1. The Balaban J connectivity index is 2.67. The lowest BCUT2D eigenvalue weighted by atomic mass is 10.3. The van der Waals surface area contributed by atoms with Gasteiger partial charge in [0.2, 0.25) is 0 Å². The van der Waals surface area contributed by atoms with Gasteiger partial charge >= 0.3 is 15.5 Å². The van der Waals surface area contributed by atoms with E-state index in [1.54, 1.807) is 6.07 Å². The maximum atomic E-state index is 11.8. The van der Waals surface area contributed by atoms with E-state index < -0.39 is 15.5 Å². The number of nitrogens with one attached hydrogen (secondary N) is 1. The molecular weight excluding hydrogens is 235 g/mol. The van der Waals surface area contributed by atoms with Crippen molar-refractivity contribution < 1.29 is 26.4 Å². The Morgan fingerprint density at radius 2 is 1.67 bits per heavy atom. The standard InChI is InChI=1S/C7H6F3NO3S/c8-7(9,10)15(12,13)11-14-6-4-2-1-3-5-6/h1-5,11H. The zero-order chi connectivity index (χ0) is 11.5. The van der Waals surface area contributed by atoms with Gasteiger partial charge < -0.3 is 4.84 Å². The minimum Gasteiger partial charge on any atom is -0.394 e. The van der Waals surface area contributed by atoms with E-state index in [1.165, 1.54) is 24.3 Å². The first kappa shape index (κ1) is 11.8. The quantitative estimate of drug-likeness (QED) is 0.814. The number of hydrogen-bond acceptors (Lipinski definition) is 3. The molecule has 1 aromatic carbocycles. The van der Waals surface area contributed by atoms with Gasteiger partial charge in [-0.05, 0) is 17.0 Å². The van der Waals surface area contributed by atoms with Crippen LogP contribution in [0.2, 0.25) is 0 Å². The Kier molecular flexibility index (Phi) is 3.20. The van der Waals surface area contributed by atoms with E-state index in [4.69, 9.17) is 0 Å². The summed E-state index contributed by atoms with van der Waals surface area (Å²) in [5.41, 5.74) is -5.39. The van der Waals surface area contributed by atoms with Crippen LogP contribution < -0.4 is 9.72 Å². The Hall–Kier alpha value is -1.28. The average Bonchev–Trinajstić information content (AvgIpc) is 2.15. The zero-order valence-electron chi connectivity index (χ0n) is 7.15. The van der Waals surface area contributed by atoms with Crippen LogP contribution in [-0.4, -0.2) is 13.9 Å². The van der Waals surface area contributed by atoms with Gasteiger partial charge in [-0.1, -0.05) is 18.2 Å². The molecule has 0 heterocycles. The van der Waals surface area contributed by atoms with Gasteiger partial charge in [-0.15, -0.1) is 0 Å². The lowest BCUT2D eigenvalue weighted by Crippen LogP contribution is -2.38. The molecule has 8 heteroatoms. The molecule has 84 valence electrons. The Morgan fingerprint density at radius 3 is 2.13 bits per heavy atom. The van der Waals surface area contributed by atoms with Crippen molar-refractivity contribution in [2.24, 2.45) is 0 Å². The molecule has 0 amide bonds. The maximum absolute atomic E-state index is 11.8. The molecule has 1 rings (SSSR count). The number of sulfonamides is 1. The van der Waals surface area contributed by atoms with Gasteiger partial charge in [-0.3, -0.25) is 0 Å². The van der Waals surface area contributed by atoms with Crippen LogP contribution in [0, 0.1) is 0 Å². The third-order valence-corrected chi connectivity index (χ3v) is 2.23. The molecule has 15 heavy (non-hydrogen) atoms. The Labute approximate surface area is 83.7 Å². The van der Waals surface area contributed by atoms with Crippen LogP contribution in [0.3, 0.4) is 0 Å². The molecule has 1 aromatic rings. The largest absolute Gasteiger partial charge is 0.514 e. The van der Waals surface area contributed by atoms with E-state index in [9.17, 15) is 21.6 Å². The van der Waals surface area contributed by atoms with Crippen molar-refractivity contribution in [3.8, 4) is 5.75 Å². The average molecular weight is 241 g/mol. The van der Waals surface area contributed by atoms with E-state index in [-0.39, 0.29) is 5.75 Å². The highest BCUT2D eigenvalue weighted by Gasteiger charge is 2.46. The molecule has 0 aliphatic heterocycles. The van der Waals surface area contributed by atoms with Crippen molar-refractivity contribution in [1.82, 2.24) is 4.89 Å². The molecule has 1 N–H and O–H groups in total. The van der Waals surface area contributed by atoms with Gasteiger partial charge in [0.1, 0.15) is 5.75 Å². The highest BCUT2D eigenvalue weighted by molar-refractivity contribution is 7.90. The molecule has 0 saturated heterocycles. The van der Waals surface area contributed by atoms with Crippen LogP contribution >= 0.6 is 0 Å². The van der Waals surface area contributed by atoms with Gasteiger partial charge in [-0.2, -0.15) is 21.6 Å². The predicted octanol–water partition coefficient (Wildman–Crippen LogP) is 1.42. The zero-order valence-corrected chi connectivity index (χ0v) is 7.97. The van der Waals surface area contributed by atoms with Crippen molar-refractivity contribution in [3.63, 3.8) is 0 Å². The molecule has 0 spiro atoms. The van der Waals surface area contributed by atoms with E-state index in [0.717, 1.165) is 4.89 Å². The number of para-hydroxylation sites is 1. The molecule has 0 bridgehead atoms. The van der Waals surface area contributed by atoms with Crippen molar-refractivity contribution in [3.05, 3.63) is 30.3 Å². The number of alkyl halides is 3. The summed E-state index contributed by atoms with van der Waals surface area (Å²) >= 11 is 0. The predicted molar refractivity (Wildman–Crippen MR) is 45.2 cm³/mol. The van der Waals surface area contributed by atoms with Crippen LogP contribution in [0.15, 0.2) is 30.3 Å². The van der Waals surface area contributed by atoms with E-state index in [2.05, 4.69) is 4.84 Å². The number of rotatable bonds is 3. The summed E-state index contributed by atoms with van der Waals surface area (Å²) < 4.78 is 56.3. The minimum absolute atomic E-state index is 0.0367. The molecule has 0 radical (unpaired) electrons. The molecule has 0 aromatic heterocycles. The highest BCUT2D eigenvalue weighted by atomic mass is 32.2. The SMILES string of the molecule is O=S(=O)(NOc1ccccc1)C(F)(F)F. The number of halogens is 3. The van der Waals surface area contributed by atoms with E-state index in [1.807, 2.05) is 0 Å². The fraction of sp³-hybridized carbons (Fsp3) is 0.143. The van der Waals surface area contributed by atoms with Crippen molar-refractivity contribution in [2.45, 2.75) is 5.51 Å². The fourth-order valence-electron chi connectivity index (χ4n) is 0.639. The lowest BCUT2D eigenvalue weighted by molar-refractivity contribution is -0.0477. The van der Waals surface area contributed by atoms with Crippen LogP contribution in [0.4, 0.5) is 13.2 Å². The fourth-order valence-corrected chi connectivity index (χ4v) is 0.939. The number of hydrogen-bond donors (Lipinski definition) is 1. The molecule has 0 atom stereocenters. The molecule has 0 aliphatic rings. The minimum atomic E-state index is -5.47. The smallest absolute Gasteiger partial charge is 0.394 e. The third kappa shape index (κ3) is 3.10. The van der Waals surface area contributed by atoms with Gasteiger partial charge in [0.05, 0.1) is 0 Å². The maximum Gasteiger partial charge on any atom is 0.514 e. The second kappa shape index (κ2) is 4.07. The second-order valence-corrected chi connectivity index (χ2v) is 4.08. The summed E-state index contributed by atoms with van der Waals surface area (Å²) in [7, 11) is -5.47. The molecule has 0 fully saturated rings. The third-order valence-electron chi connectivity index (χ3n) is 1.32. The molecule has 4 nitrogen and oxygen atoms in total. The summed E-state index contributed by atoms with van der Waals surface area (Å²) in [4.78, 5) is 5.20. The Morgan fingerprint density at radius 1 is 1.13 bits per heavy atom. The normalized spacial score (nSPS) is 12.5. The first-order chi connectivity index (χ1) is 6.83. The summed E-state index contributed by atoms with van der Waals surface area (Å²) in [5, 5.41) is 0. The summed E-state index contributed by atoms with van der Waals surface area (Å²) in [6.45, 7) is 0. The van der Waals surface area contributed by atoms with Crippen molar-refractivity contribution in [1.29, 1.82) is 0 Å². The lowest BCUT2D eigenvalue weighted by Gasteiger charge is -2.09. The van der Waals surface area contributed by atoms with Crippen LogP contribution in [0.5, 0.6) is 5.75 Å². The molecule has 0 saturated carbocycles. The molecular formula is C7H6F3NO3S. The topological polar surface area (TPSA) is 55.4 Å². The van der Waals surface area contributed by atoms with E-state index >= 15 is 0 Å². The summed E-state index contributed by atoms with van der Waals surface area (Å²) in [6.07, 6.45) is 0. The van der Waals surface area contributed by atoms with E-state index in [0.29, 0.717) is 0 Å². The Bertz CT molecular complexity index is 415. The van der Waals surface area contributed by atoms with Crippen LogP contribution in [-0.2, 0) is 10.0 Å². The summed E-state index contributed by atoms with van der Waals surface area (Å²) in [6, 6.07) is 7.18. The van der Waals surface area contributed by atoms with Crippen molar-refractivity contribution in [2.75, 3.05) is 0 Å². The van der Waals surface area contributed by atoms with Crippen LogP contribution in [0.25, 0.3) is 0 Å². The molecule has 0 aliphatic carbocycles. The van der Waals surface area contributed by atoms with Crippen molar-refractivity contribution >= 4 is 10.0 Å². The monoisotopic (exact) mass is 241 g/mol. The first-order valence-corrected chi connectivity index (χ1v) is 5.11. The molecule has 0 unspecified atom stereocenters. The van der Waals surface area contributed by atoms with Crippen LogP contribution in [0.1, 0.15) is 0 Å².